The topological polar surface area (TPSA) is 86.8 Å². The summed E-state index contributed by atoms with van der Waals surface area (Å²) in [6, 6.07) is 19.8. The van der Waals surface area contributed by atoms with Gasteiger partial charge in [0.2, 0.25) is 11.8 Å². The fourth-order valence-electron chi connectivity index (χ4n) is 4.03. The maximum Gasteiger partial charge on any atom is 0.264 e. The molecule has 0 unspecified atom stereocenters. The van der Waals surface area contributed by atoms with Crippen molar-refractivity contribution in [2.75, 3.05) is 10.8 Å². The minimum Gasteiger partial charge on any atom is -0.352 e. The van der Waals surface area contributed by atoms with Crippen LogP contribution < -0.4 is 9.62 Å². The van der Waals surface area contributed by atoms with E-state index in [1.54, 1.807) is 38.1 Å². The number of carbonyl (C=O) groups is 2. The van der Waals surface area contributed by atoms with E-state index in [-0.39, 0.29) is 23.4 Å². The molecule has 208 valence electrons. The second-order valence-corrected chi connectivity index (χ2v) is 12.1. The molecule has 0 spiro atoms. The molecule has 0 aliphatic rings. The highest BCUT2D eigenvalue weighted by molar-refractivity contribution is 7.92. The molecule has 0 aliphatic heterocycles. The molecule has 0 bridgehead atoms. The Morgan fingerprint density at radius 3 is 2.21 bits per heavy atom. The van der Waals surface area contributed by atoms with E-state index in [9.17, 15) is 18.0 Å². The Morgan fingerprint density at radius 1 is 0.949 bits per heavy atom. The quantitative estimate of drug-likeness (QED) is 0.331. The van der Waals surface area contributed by atoms with Crippen LogP contribution in [0.4, 0.5) is 5.69 Å². The van der Waals surface area contributed by atoms with Crippen molar-refractivity contribution >= 4 is 39.1 Å². The van der Waals surface area contributed by atoms with Crippen LogP contribution in [0.2, 0.25) is 5.02 Å². The van der Waals surface area contributed by atoms with E-state index in [1.807, 2.05) is 51.1 Å². The minimum absolute atomic E-state index is 0.0532. The fraction of sp³-hybridized carbons (Fsp3) is 0.333. The number of anilines is 1. The molecule has 7 nitrogen and oxygen atoms in total. The third-order valence-corrected chi connectivity index (χ3v) is 8.70. The summed E-state index contributed by atoms with van der Waals surface area (Å²) < 4.78 is 29.0. The smallest absolute Gasteiger partial charge is 0.264 e. The summed E-state index contributed by atoms with van der Waals surface area (Å²) in [7, 11) is -4.15. The first-order chi connectivity index (χ1) is 18.4. The molecule has 0 fully saturated rings. The van der Waals surface area contributed by atoms with E-state index >= 15 is 0 Å². The summed E-state index contributed by atoms with van der Waals surface area (Å²) >= 11 is 6.27. The van der Waals surface area contributed by atoms with Gasteiger partial charge in [0.15, 0.2) is 0 Å². The SMILES string of the molecule is CC[C@@H](C)NC(=O)[C@@H](C)N(Cc1ccccc1)C(=O)CN(c1cc(Cl)ccc1C)S(=O)(=O)c1ccc(C)cc1. The van der Waals surface area contributed by atoms with E-state index in [1.165, 1.54) is 23.1 Å². The Hall–Kier alpha value is -3.36. The summed E-state index contributed by atoms with van der Waals surface area (Å²) in [5.41, 5.74) is 2.67. The number of amides is 2. The normalized spacial score (nSPS) is 12.9. The molecule has 39 heavy (non-hydrogen) atoms. The summed E-state index contributed by atoms with van der Waals surface area (Å²) in [6.07, 6.45) is 0.738. The molecule has 2 atom stereocenters. The molecule has 3 aromatic rings. The number of carbonyl (C=O) groups excluding carboxylic acids is 2. The van der Waals surface area contributed by atoms with Crippen molar-refractivity contribution in [1.82, 2.24) is 10.2 Å². The van der Waals surface area contributed by atoms with E-state index in [0.29, 0.717) is 16.3 Å². The summed E-state index contributed by atoms with van der Waals surface area (Å²) in [6.45, 7) is 8.77. The van der Waals surface area contributed by atoms with Crippen LogP contribution in [0.3, 0.4) is 0 Å². The van der Waals surface area contributed by atoms with E-state index in [4.69, 9.17) is 11.6 Å². The Bertz CT molecular complexity index is 1400. The van der Waals surface area contributed by atoms with Gasteiger partial charge in [-0.3, -0.25) is 13.9 Å². The maximum absolute atomic E-state index is 14.0. The van der Waals surface area contributed by atoms with Crippen LogP contribution in [0.5, 0.6) is 0 Å². The number of nitrogens with zero attached hydrogens (tertiary/aromatic N) is 2. The predicted octanol–water partition coefficient (Wildman–Crippen LogP) is 5.48. The first kappa shape index (κ1) is 30.2. The van der Waals surface area contributed by atoms with E-state index in [2.05, 4.69) is 5.32 Å². The number of hydrogen-bond donors (Lipinski definition) is 1. The van der Waals surface area contributed by atoms with Crippen LogP contribution in [0, 0.1) is 13.8 Å². The van der Waals surface area contributed by atoms with Crippen molar-refractivity contribution < 1.29 is 18.0 Å². The van der Waals surface area contributed by atoms with Crippen LogP contribution in [0.25, 0.3) is 0 Å². The monoisotopic (exact) mass is 569 g/mol. The fourth-order valence-corrected chi connectivity index (χ4v) is 5.67. The van der Waals surface area contributed by atoms with Crippen LogP contribution in [-0.2, 0) is 26.2 Å². The highest BCUT2D eigenvalue weighted by Gasteiger charge is 2.33. The zero-order chi connectivity index (χ0) is 28.7. The van der Waals surface area contributed by atoms with Crippen LogP contribution in [-0.4, -0.2) is 43.8 Å². The van der Waals surface area contributed by atoms with Crippen LogP contribution in [0.15, 0.2) is 77.7 Å². The number of hydrogen-bond acceptors (Lipinski definition) is 4. The summed E-state index contributed by atoms with van der Waals surface area (Å²) in [5.74, 6) is -0.818. The van der Waals surface area contributed by atoms with Gasteiger partial charge in [0.05, 0.1) is 10.6 Å². The van der Waals surface area contributed by atoms with Gasteiger partial charge in [-0.05, 0) is 69.5 Å². The molecule has 0 aromatic heterocycles. The molecular formula is C30H36ClN3O4S. The van der Waals surface area contributed by atoms with Crippen molar-refractivity contribution in [3.05, 3.63) is 94.5 Å². The molecular weight excluding hydrogens is 534 g/mol. The van der Waals surface area contributed by atoms with Crippen LogP contribution in [0.1, 0.15) is 43.9 Å². The lowest BCUT2D eigenvalue weighted by molar-refractivity contribution is -0.139. The first-order valence-electron chi connectivity index (χ1n) is 12.9. The Balaban J connectivity index is 2.05. The van der Waals surface area contributed by atoms with Gasteiger partial charge < -0.3 is 10.2 Å². The van der Waals surface area contributed by atoms with E-state index < -0.39 is 28.5 Å². The highest BCUT2D eigenvalue weighted by Crippen LogP contribution is 2.30. The molecule has 1 N–H and O–H groups in total. The van der Waals surface area contributed by atoms with Gasteiger partial charge in [-0.15, -0.1) is 0 Å². The largest absolute Gasteiger partial charge is 0.352 e. The molecule has 0 heterocycles. The van der Waals surface area contributed by atoms with Gasteiger partial charge in [0, 0.05) is 17.6 Å². The Morgan fingerprint density at radius 2 is 1.59 bits per heavy atom. The summed E-state index contributed by atoms with van der Waals surface area (Å²) in [5, 5.41) is 3.27. The number of halogens is 1. The third kappa shape index (κ3) is 7.61. The van der Waals surface area contributed by atoms with Gasteiger partial charge in [0.1, 0.15) is 12.6 Å². The maximum atomic E-state index is 14.0. The molecule has 2 amide bonds. The first-order valence-corrected chi connectivity index (χ1v) is 14.7. The lowest BCUT2D eigenvalue weighted by Gasteiger charge is -2.33. The van der Waals surface area contributed by atoms with Gasteiger partial charge in [-0.2, -0.15) is 0 Å². The van der Waals surface area contributed by atoms with Crippen molar-refractivity contribution in [3.63, 3.8) is 0 Å². The molecule has 3 aromatic carbocycles. The van der Waals surface area contributed by atoms with Gasteiger partial charge in [-0.25, -0.2) is 8.42 Å². The molecule has 0 saturated heterocycles. The van der Waals surface area contributed by atoms with Gasteiger partial charge in [0.25, 0.3) is 10.0 Å². The van der Waals surface area contributed by atoms with Crippen molar-refractivity contribution in [2.45, 2.75) is 64.6 Å². The number of nitrogens with one attached hydrogen (secondary N) is 1. The standard InChI is InChI=1S/C30H36ClN3O4S/c1-6-23(4)32-30(36)24(5)33(19-25-10-8-7-9-11-25)29(35)20-34(28-18-26(31)15-14-22(28)3)39(37,38)27-16-12-21(2)13-17-27/h7-18,23-24H,6,19-20H2,1-5H3,(H,32,36)/t23-,24-/m1/s1. The zero-order valence-corrected chi connectivity index (χ0v) is 24.6. The number of rotatable bonds is 11. The zero-order valence-electron chi connectivity index (χ0n) is 23.0. The average Bonchev–Trinajstić information content (AvgIpc) is 2.91. The van der Waals surface area contributed by atoms with Crippen molar-refractivity contribution in [2.24, 2.45) is 0 Å². The average molecular weight is 570 g/mol. The summed E-state index contributed by atoms with van der Waals surface area (Å²) in [4.78, 5) is 28.5. The Kier molecular flexibility index (Phi) is 10.2. The van der Waals surface area contributed by atoms with Crippen molar-refractivity contribution in [3.8, 4) is 0 Å². The Labute approximate surface area is 236 Å². The third-order valence-electron chi connectivity index (χ3n) is 6.69. The lowest BCUT2D eigenvalue weighted by Crippen LogP contribution is -2.52. The minimum atomic E-state index is -4.15. The van der Waals surface area contributed by atoms with Gasteiger partial charge >= 0.3 is 0 Å². The predicted molar refractivity (Wildman–Crippen MR) is 156 cm³/mol. The van der Waals surface area contributed by atoms with Crippen LogP contribution >= 0.6 is 11.6 Å². The van der Waals surface area contributed by atoms with Gasteiger partial charge in [-0.1, -0.05) is 72.6 Å². The van der Waals surface area contributed by atoms with E-state index in [0.717, 1.165) is 21.9 Å². The second kappa shape index (κ2) is 13.1. The number of aryl methyl sites for hydroxylation is 2. The molecule has 0 saturated carbocycles. The molecule has 9 heteroatoms. The molecule has 0 radical (unpaired) electrons. The number of sulfonamides is 1. The lowest BCUT2D eigenvalue weighted by atomic mass is 10.1. The number of benzene rings is 3. The highest BCUT2D eigenvalue weighted by atomic mass is 35.5. The second-order valence-electron chi connectivity index (χ2n) is 9.76. The van der Waals surface area contributed by atoms with Crippen molar-refractivity contribution in [1.29, 1.82) is 0 Å². The molecule has 3 rings (SSSR count). The molecule has 0 aliphatic carbocycles.